The predicted molar refractivity (Wildman–Crippen MR) is 115 cm³/mol. The molecule has 0 saturated carbocycles. The zero-order valence-corrected chi connectivity index (χ0v) is 16.8. The maximum Gasteiger partial charge on any atom is 0.269 e. The molecule has 0 saturated heterocycles. The Hall–Kier alpha value is -3.34. The number of para-hydroxylation sites is 1. The first-order valence-corrected chi connectivity index (χ1v) is 9.90. The number of hydrogen-bond acceptors (Lipinski definition) is 4. The van der Waals surface area contributed by atoms with Crippen molar-refractivity contribution in [1.29, 1.82) is 0 Å². The van der Waals surface area contributed by atoms with Crippen molar-refractivity contribution in [1.82, 2.24) is 10.3 Å². The van der Waals surface area contributed by atoms with E-state index in [2.05, 4.69) is 46.4 Å². The summed E-state index contributed by atoms with van der Waals surface area (Å²) in [5.41, 5.74) is 5.13. The first-order valence-electron chi connectivity index (χ1n) is 9.90. The lowest BCUT2D eigenvalue weighted by atomic mass is 10.1. The van der Waals surface area contributed by atoms with Crippen LogP contribution >= 0.6 is 0 Å². The summed E-state index contributed by atoms with van der Waals surface area (Å²) in [6.45, 7) is 2.76. The molecule has 1 aromatic heterocycles. The van der Waals surface area contributed by atoms with Gasteiger partial charge in [-0.1, -0.05) is 30.3 Å². The fourth-order valence-electron chi connectivity index (χ4n) is 3.86. The first kappa shape index (κ1) is 19.0. The number of hydrogen-bond donors (Lipinski definition) is 1. The molecule has 0 aliphatic carbocycles. The molecular weight excluding hydrogens is 362 g/mol. The van der Waals surface area contributed by atoms with Gasteiger partial charge in [0.1, 0.15) is 11.4 Å². The van der Waals surface area contributed by atoms with Gasteiger partial charge in [-0.05, 0) is 61.2 Å². The number of rotatable bonds is 6. The van der Waals surface area contributed by atoms with Crippen LogP contribution in [-0.2, 0) is 12.8 Å². The molecule has 4 rings (SSSR count). The van der Waals surface area contributed by atoms with Gasteiger partial charge in [-0.3, -0.25) is 9.78 Å². The van der Waals surface area contributed by atoms with Crippen molar-refractivity contribution in [3.8, 4) is 5.75 Å². The van der Waals surface area contributed by atoms with Crippen LogP contribution in [0.3, 0.4) is 0 Å². The second-order valence-corrected chi connectivity index (χ2v) is 7.31. The highest BCUT2D eigenvalue weighted by Crippen LogP contribution is 2.37. The summed E-state index contributed by atoms with van der Waals surface area (Å²) in [6.07, 6.45) is 3.47. The monoisotopic (exact) mass is 387 g/mol. The fourth-order valence-corrected chi connectivity index (χ4v) is 3.86. The molecule has 1 amide bonds. The Labute approximate surface area is 171 Å². The number of pyridine rings is 1. The van der Waals surface area contributed by atoms with E-state index in [9.17, 15) is 4.79 Å². The Bertz CT molecular complexity index is 1000. The number of carbonyl (C=O) groups excluding carboxylic acids is 1. The Morgan fingerprint density at radius 2 is 1.97 bits per heavy atom. The molecule has 2 heterocycles. The maximum atomic E-state index is 12.6. The SMILES string of the molecule is COc1ccc(CCNC(=O)c2cc(N3c4ccccc4CC3C)ccn2)cc1. The van der Waals surface area contributed by atoms with E-state index in [0.717, 1.165) is 29.8 Å². The van der Waals surface area contributed by atoms with E-state index in [1.807, 2.05) is 36.4 Å². The molecule has 0 spiro atoms. The van der Waals surface area contributed by atoms with Crippen LogP contribution in [0.2, 0.25) is 0 Å². The predicted octanol–water partition coefficient (Wildman–Crippen LogP) is 4.15. The quantitative estimate of drug-likeness (QED) is 0.691. The number of benzene rings is 2. The zero-order chi connectivity index (χ0) is 20.2. The Morgan fingerprint density at radius 1 is 1.17 bits per heavy atom. The number of fused-ring (bicyclic) bond motifs is 1. The van der Waals surface area contributed by atoms with Gasteiger partial charge in [-0.15, -0.1) is 0 Å². The van der Waals surface area contributed by atoms with E-state index >= 15 is 0 Å². The van der Waals surface area contributed by atoms with E-state index in [0.29, 0.717) is 18.3 Å². The highest BCUT2D eigenvalue weighted by molar-refractivity contribution is 5.93. The van der Waals surface area contributed by atoms with E-state index in [1.54, 1.807) is 13.3 Å². The molecule has 1 aliphatic rings. The number of nitrogens with one attached hydrogen (secondary N) is 1. The number of nitrogens with zero attached hydrogens (tertiary/aromatic N) is 2. The van der Waals surface area contributed by atoms with Crippen LogP contribution in [0.4, 0.5) is 11.4 Å². The summed E-state index contributed by atoms with van der Waals surface area (Å²) in [5, 5.41) is 2.97. The third kappa shape index (κ3) is 4.09. The minimum atomic E-state index is -0.152. The number of aromatic nitrogens is 1. The Balaban J connectivity index is 1.42. The lowest BCUT2D eigenvalue weighted by Gasteiger charge is -2.25. The molecule has 1 N–H and O–H groups in total. The summed E-state index contributed by atoms with van der Waals surface area (Å²) >= 11 is 0. The molecule has 0 bridgehead atoms. The normalized spacial score (nSPS) is 15.1. The second-order valence-electron chi connectivity index (χ2n) is 7.31. The van der Waals surface area contributed by atoms with Gasteiger partial charge in [0, 0.05) is 30.2 Å². The van der Waals surface area contributed by atoms with Gasteiger partial charge in [0.2, 0.25) is 0 Å². The molecule has 29 heavy (non-hydrogen) atoms. The largest absolute Gasteiger partial charge is 0.497 e. The molecule has 5 nitrogen and oxygen atoms in total. The highest BCUT2D eigenvalue weighted by atomic mass is 16.5. The van der Waals surface area contributed by atoms with Crippen molar-refractivity contribution in [3.05, 3.63) is 83.7 Å². The number of amides is 1. The number of anilines is 2. The van der Waals surface area contributed by atoms with Crippen LogP contribution < -0.4 is 15.0 Å². The van der Waals surface area contributed by atoms with Crippen LogP contribution in [0.25, 0.3) is 0 Å². The minimum Gasteiger partial charge on any atom is -0.497 e. The van der Waals surface area contributed by atoms with Gasteiger partial charge in [-0.25, -0.2) is 0 Å². The third-order valence-corrected chi connectivity index (χ3v) is 5.32. The van der Waals surface area contributed by atoms with Crippen molar-refractivity contribution < 1.29 is 9.53 Å². The molecule has 148 valence electrons. The summed E-state index contributed by atoms with van der Waals surface area (Å²) < 4.78 is 5.17. The van der Waals surface area contributed by atoms with Gasteiger partial charge in [0.05, 0.1) is 7.11 Å². The van der Waals surface area contributed by atoms with Crippen LogP contribution in [0.5, 0.6) is 5.75 Å². The summed E-state index contributed by atoms with van der Waals surface area (Å²) in [5.74, 6) is 0.678. The van der Waals surface area contributed by atoms with Gasteiger partial charge >= 0.3 is 0 Å². The van der Waals surface area contributed by atoms with Crippen molar-refractivity contribution >= 4 is 17.3 Å². The highest BCUT2D eigenvalue weighted by Gasteiger charge is 2.27. The lowest BCUT2D eigenvalue weighted by Crippen LogP contribution is -2.28. The summed E-state index contributed by atoms with van der Waals surface area (Å²) in [6, 6.07) is 20.5. The topological polar surface area (TPSA) is 54.5 Å². The lowest BCUT2D eigenvalue weighted by molar-refractivity contribution is 0.0949. The standard InChI is InChI=1S/C24H25N3O2/c1-17-15-19-5-3-4-6-23(19)27(17)20-12-14-25-22(16-20)24(28)26-13-11-18-7-9-21(29-2)10-8-18/h3-10,12,14,16-17H,11,13,15H2,1-2H3,(H,26,28). The number of ether oxygens (including phenoxy) is 1. The molecule has 1 aliphatic heterocycles. The van der Waals surface area contributed by atoms with Crippen molar-refractivity contribution in [2.75, 3.05) is 18.6 Å². The smallest absolute Gasteiger partial charge is 0.269 e. The van der Waals surface area contributed by atoms with Crippen LogP contribution in [0, 0.1) is 0 Å². The van der Waals surface area contributed by atoms with Gasteiger partial charge in [0.15, 0.2) is 0 Å². The van der Waals surface area contributed by atoms with Crippen molar-refractivity contribution in [2.45, 2.75) is 25.8 Å². The molecule has 5 heteroatoms. The molecule has 0 radical (unpaired) electrons. The third-order valence-electron chi connectivity index (χ3n) is 5.32. The van der Waals surface area contributed by atoms with E-state index in [-0.39, 0.29) is 5.91 Å². The number of methoxy groups -OCH3 is 1. The molecule has 1 unspecified atom stereocenters. The number of carbonyl (C=O) groups is 1. The fraction of sp³-hybridized carbons (Fsp3) is 0.250. The van der Waals surface area contributed by atoms with E-state index < -0.39 is 0 Å². The van der Waals surface area contributed by atoms with Crippen molar-refractivity contribution in [3.63, 3.8) is 0 Å². The minimum absolute atomic E-state index is 0.152. The van der Waals surface area contributed by atoms with E-state index in [1.165, 1.54) is 11.3 Å². The van der Waals surface area contributed by atoms with Gasteiger partial charge in [-0.2, -0.15) is 0 Å². The molecular formula is C24H25N3O2. The molecule has 2 aromatic carbocycles. The second kappa shape index (κ2) is 8.35. The van der Waals surface area contributed by atoms with Crippen LogP contribution in [0.1, 0.15) is 28.5 Å². The molecule has 3 aromatic rings. The summed E-state index contributed by atoms with van der Waals surface area (Å²) in [7, 11) is 1.65. The zero-order valence-electron chi connectivity index (χ0n) is 16.8. The summed E-state index contributed by atoms with van der Waals surface area (Å²) in [4.78, 5) is 19.2. The average molecular weight is 387 g/mol. The maximum absolute atomic E-state index is 12.6. The Morgan fingerprint density at radius 3 is 2.76 bits per heavy atom. The Kier molecular flexibility index (Phi) is 5.47. The van der Waals surface area contributed by atoms with Gasteiger partial charge < -0.3 is 15.0 Å². The van der Waals surface area contributed by atoms with Gasteiger partial charge in [0.25, 0.3) is 5.91 Å². The average Bonchev–Trinajstić information content (AvgIpc) is 3.10. The molecule has 1 atom stereocenters. The van der Waals surface area contributed by atoms with E-state index in [4.69, 9.17) is 4.74 Å². The van der Waals surface area contributed by atoms with Crippen LogP contribution in [-0.4, -0.2) is 30.6 Å². The van der Waals surface area contributed by atoms with Crippen molar-refractivity contribution in [2.24, 2.45) is 0 Å². The molecule has 0 fully saturated rings. The first-order chi connectivity index (χ1) is 14.2. The van der Waals surface area contributed by atoms with Crippen LogP contribution in [0.15, 0.2) is 66.9 Å².